The second-order valence-electron chi connectivity index (χ2n) is 4.85. The number of nitrogens with one attached hydrogen (secondary N) is 1. The van der Waals surface area contributed by atoms with Gasteiger partial charge in [-0.2, -0.15) is 5.26 Å². The molecule has 0 spiro atoms. The van der Waals surface area contributed by atoms with E-state index in [2.05, 4.69) is 21.4 Å². The SMILES string of the molecule is Cc1ccc(NC(=O)CSc2nc(C)nc(C)c2C#N)cc1. The lowest BCUT2D eigenvalue weighted by Gasteiger charge is -2.07. The topological polar surface area (TPSA) is 78.7 Å². The zero-order valence-electron chi connectivity index (χ0n) is 12.7. The Hall–Kier alpha value is -2.39. The summed E-state index contributed by atoms with van der Waals surface area (Å²) in [7, 11) is 0. The van der Waals surface area contributed by atoms with Crippen LogP contribution in [0.2, 0.25) is 0 Å². The molecule has 1 aromatic heterocycles. The molecule has 0 aliphatic heterocycles. The van der Waals surface area contributed by atoms with Crippen molar-refractivity contribution in [3.8, 4) is 6.07 Å². The zero-order chi connectivity index (χ0) is 16.1. The number of hydrogen-bond donors (Lipinski definition) is 1. The second kappa shape index (κ2) is 7.05. The summed E-state index contributed by atoms with van der Waals surface area (Å²) >= 11 is 1.24. The largest absolute Gasteiger partial charge is 0.325 e. The van der Waals surface area contributed by atoms with Gasteiger partial charge in [0.2, 0.25) is 5.91 Å². The number of nitrogens with zero attached hydrogens (tertiary/aromatic N) is 3. The van der Waals surface area contributed by atoms with Crippen molar-refractivity contribution in [1.82, 2.24) is 9.97 Å². The van der Waals surface area contributed by atoms with Crippen LogP contribution in [0.15, 0.2) is 29.3 Å². The Kier molecular flexibility index (Phi) is 5.12. The molecule has 1 heterocycles. The molecular weight excluding hydrogens is 296 g/mol. The summed E-state index contributed by atoms with van der Waals surface area (Å²) in [6.07, 6.45) is 0. The van der Waals surface area contributed by atoms with E-state index >= 15 is 0 Å². The van der Waals surface area contributed by atoms with Gasteiger partial charge in [0.1, 0.15) is 22.5 Å². The number of thioether (sulfide) groups is 1. The number of carbonyl (C=O) groups is 1. The minimum atomic E-state index is -0.133. The van der Waals surface area contributed by atoms with Gasteiger partial charge in [-0.15, -0.1) is 0 Å². The van der Waals surface area contributed by atoms with E-state index in [1.165, 1.54) is 11.8 Å². The van der Waals surface area contributed by atoms with E-state index in [4.69, 9.17) is 0 Å². The van der Waals surface area contributed by atoms with Crippen molar-refractivity contribution < 1.29 is 4.79 Å². The van der Waals surface area contributed by atoms with Gasteiger partial charge in [0, 0.05) is 5.69 Å². The summed E-state index contributed by atoms with van der Waals surface area (Å²) in [5.74, 6) is 0.656. The molecule has 0 unspecified atom stereocenters. The molecule has 0 bridgehead atoms. The fourth-order valence-electron chi connectivity index (χ4n) is 1.88. The van der Waals surface area contributed by atoms with Crippen LogP contribution in [0.1, 0.15) is 22.6 Å². The number of amides is 1. The van der Waals surface area contributed by atoms with Gasteiger partial charge in [-0.25, -0.2) is 9.97 Å². The molecule has 6 heteroatoms. The van der Waals surface area contributed by atoms with Crippen LogP contribution in [-0.2, 0) is 4.79 Å². The maximum absolute atomic E-state index is 12.0. The lowest BCUT2D eigenvalue weighted by Crippen LogP contribution is -2.14. The van der Waals surface area contributed by atoms with Crippen molar-refractivity contribution in [1.29, 1.82) is 5.26 Å². The van der Waals surface area contributed by atoms with E-state index in [-0.39, 0.29) is 11.7 Å². The summed E-state index contributed by atoms with van der Waals surface area (Å²) in [5, 5.41) is 12.5. The first-order valence-corrected chi connectivity index (χ1v) is 7.73. The number of anilines is 1. The van der Waals surface area contributed by atoms with Crippen molar-refractivity contribution in [2.45, 2.75) is 25.8 Å². The van der Waals surface area contributed by atoms with E-state index in [9.17, 15) is 10.1 Å². The minimum Gasteiger partial charge on any atom is -0.325 e. The van der Waals surface area contributed by atoms with Crippen LogP contribution in [-0.4, -0.2) is 21.6 Å². The normalized spacial score (nSPS) is 10.1. The lowest BCUT2D eigenvalue weighted by atomic mass is 10.2. The van der Waals surface area contributed by atoms with Crippen molar-refractivity contribution >= 4 is 23.4 Å². The molecule has 0 fully saturated rings. The van der Waals surface area contributed by atoms with Crippen LogP contribution in [0.3, 0.4) is 0 Å². The van der Waals surface area contributed by atoms with Crippen LogP contribution in [0.5, 0.6) is 0 Å². The third-order valence-corrected chi connectivity index (χ3v) is 3.93. The van der Waals surface area contributed by atoms with Gasteiger partial charge in [-0.3, -0.25) is 4.79 Å². The molecule has 1 amide bonds. The van der Waals surface area contributed by atoms with E-state index < -0.39 is 0 Å². The summed E-state index contributed by atoms with van der Waals surface area (Å²) in [5.41, 5.74) is 2.96. The highest BCUT2D eigenvalue weighted by molar-refractivity contribution is 8.00. The summed E-state index contributed by atoms with van der Waals surface area (Å²) in [6, 6.07) is 9.69. The van der Waals surface area contributed by atoms with E-state index in [1.54, 1.807) is 13.8 Å². The van der Waals surface area contributed by atoms with E-state index in [0.29, 0.717) is 22.1 Å². The Morgan fingerprint density at radius 1 is 1.23 bits per heavy atom. The molecule has 0 saturated carbocycles. The van der Waals surface area contributed by atoms with Crippen LogP contribution >= 0.6 is 11.8 Å². The Labute approximate surface area is 133 Å². The highest BCUT2D eigenvalue weighted by Gasteiger charge is 2.12. The van der Waals surface area contributed by atoms with Crippen molar-refractivity contribution in [3.05, 3.63) is 46.9 Å². The molecule has 0 aliphatic rings. The fraction of sp³-hybridized carbons (Fsp3) is 0.250. The number of rotatable bonds is 4. The molecule has 22 heavy (non-hydrogen) atoms. The molecule has 0 saturated heterocycles. The fourth-order valence-corrected chi connectivity index (χ4v) is 2.76. The van der Waals surface area contributed by atoms with Gasteiger partial charge in [0.25, 0.3) is 0 Å². The predicted octanol–water partition coefficient (Wildman–Crippen LogP) is 3.00. The molecule has 2 aromatic rings. The second-order valence-corrected chi connectivity index (χ2v) is 5.82. The first-order chi connectivity index (χ1) is 10.5. The predicted molar refractivity (Wildman–Crippen MR) is 86.8 cm³/mol. The molecule has 5 nitrogen and oxygen atoms in total. The van der Waals surface area contributed by atoms with Gasteiger partial charge in [-0.05, 0) is 32.9 Å². The van der Waals surface area contributed by atoms with Crippen molar-refractivity contribution in [2.75, 3.05) is 11.1 Å². The lowest BCUT2D eigenvalue weighted by molar-refractivity contribution is -0.113. The average Bonchev–Trinajstić information content (AvgIpc) is 2.47. The van der Waals surface area contributed by atoms with E-state index in [0.717, 1.165) is 11.3 Å². The Morgan fingerprint density at radius 2 is 1.91 bits per heavy atom. The van der Waals surface area contributed by atoms with Crippen LogP contribution < -0.4 is 5.32 Å². The number of aryl methyl sites for hydroxylation is 3. The third-order valence-electron chi connectivity index (χ3n) is 2.96. The summed E-state index contributed by atoms with van der Waals surface area (Å²) in [6.45, 7) is 5.53. The Morgan fingerprint density at radius 3 is 2.55 bits per heavy atom. The van der Waals surface area contributed by atoms with Gasteiger partial charge in [-0.1, -0.05) is 29.5 Å². The zero-order valence-corrected chi connectivity index (χ0v) is 13.5. The monoisotopic (exact) mass is 312 g/mol. The Bertz CT molecular complexity index is 735. The number of aromatic nitrogens is 2. The number of carbonyl (C=O) groups excluding carboxylic acids is 1. The molecule has 0 radical (unpaired) electrons. The molecular formula is C16H16N4OS. The molecule has 1 N–H and O–H groups in total. The molecule has 1 aromatic carbocycles. The van der Waals surface area contributed by atoms with Gasteiger partial charge < -0.3 is 5.32 Å². The molecule has 112 valence electrons. The van der Waals surface area contributed by atoms with Crippen LogP contribution in [0.25, 0.3) is 0 Å². The maximum Gasteiger partial charge on any atom is 0.234 e. The summed E-state index contributed by atoms with van der Waals surface area (Å²) < 4.78 is 0. The van der Waals surface area contributed by atoms with Gasteiger partial charge >= 0.3 is 0 Å². The van der Waals surface area contributed by atoms with Gasteiger partial charge in [0.05, 0.1) is 11.4 Å². The van der Waals surface area contributed by atoms with Crippen LogP contribution in [0.4, 0.5) is 5.69 Å². The highest BCUT2D eigenvalue weighted by atomic mass is 32.2. The molecule has 2 rings (SSSR count). The van der Waals surface area contributed by atoms with Gasteiger partial charge in [0.15, 0.2) is 0 Å². The quantitative estimate of drug-likeness (QED) is 0.693. The number of hydrogen-bond acceptors (Lipinski definition) is 5. The first-order valence-electron chi connectivity index (χ1n) is 6.74. The van der Waals surface area contributed by atoms with Crippen molar-refractivity contribution in [2.24, 2.45) is 0 Å². The van der Waals surface area contributed by atoms with E-state index in [1.807, 2.05) is 31.2 Å². The maximum atomic E-state index is 12.0. The van der Waals surface area contributed by atoms with Crippen LogP contribution in [0, 0.1) is 32.1 Å². The average molecular weight is 312 g/mol. The smallest absolute Gasteiger partial charge is 0.234 e. The first kappa shape index (κ1) is 16.0. The highest BCUT2D eigenvalue weighted by Crippen LogP contribution is 2.22. The Balaban J connectivity index is 2.02. The standard InChI is InChI=1S/C16H16N4OS/c1-10-4-6-13(7-5-10)20-15(21)9-22-16-14(8-17)11(2)18-12(3)19-16/h4-7H,9H2,1-3H3,(H,20,21). The van der Waals surface area contributed by atoms with Crippen molar-refractivity contribution in [3.63, 3.8) is 0 Å². The third kappa shape index (κ3) is 4.06. The molecule has 0 aliphatic carbocycles. The summed E-state index contributed by atoms with van der Waals surface area (Å²) in [4.78, 5) is 20.4. The number of nitriles is 1. The molecule has 0 atom stereocenters. The minimum absolute atomic E-state index is 0.133. The number of benzene rings is 1.